The average Bonchev–Trinajstić information content (AvgIpc) is 2.28. The number of amides is 1. The Kier molecular flexibility index (Phi) is 5.04. The van der Waals surface area contributed by atoms with E-state index in [1.165, 1.54) is 25.3 Å². The summed E-state index contributed by atoms with van der Waals surface area (Å²) in [4.78, 5) is 21.9. The molecule has 0 aromatic heterocycles. The Bertz CT molecular complexity index is 508. The molecule has 0 spiro atoms. The highest BCUT2D eigenvalue weighted by molar-refractivity contribution is 5.86. The van der Waals surface area contributed by atoms with Crippen LogP contribution in [0.15, 0.2) is 18.2 Å². The van der Waals surface area contributed by atoms with Gasteiger partial charge in [-0.2, -0.15) is 0 Å². The average molecular weight is 282 g/mol. The zero-order valence-electron chi connectivity index (χ0n) is 11.9. The second kappa shape index (κ2) is 6.33. The molecule has 110 valence electrons. The van der Waals surface area contributed by atoms with Gasteiger partial charge >= 0.3 is 6.09 Å². The normalized spacial score (nSPS) is 11.0. The molecular formula is C13H18N2O5. The first kappa shape index (κ1) is 15.9. The van der Waals surface area contributed by atoms with Crippen LogP contribution in [0.2, 0.25) is 0 Å². The van der Waals surface area contributed by atoms with Crippen LogP contribution in [0.3, 0.4) is 0 Å². The maximum absolute atomic E-state index is 11.7. The van der Waals surface area contributed by atoms with Gasteiger partial charge < -0.3 is 9.47 Å². The summed E-state index contributed by atoms with van der Waals surface area (Å²) in [6.07, 6.45) is -0.622. The van der Waals surface area contributed by atoms with Gasteiger partial charge in [-0.3, -0.25) is 15.4 Å². The molecule has 0 saturated carbocycles. The lowest BCUT2D eigenvalue weighted by Crippen LogP contribution is -2.27. The third-order valence-electron chi connectivity index (χ3n) is 2.24. The zero-order valence-corrected chi connectivity index (χ0v) is 11.9. The van der Waals surface area contributed by atoms with Crippen molar-refractivity contribution in [1.29, 1.82) is 0 Å². The smallest absolute Gasteiger partial charge is 0.412 e. The van der Waals surface area contributed by atoms with Crippen molar-refractivity contribution >= 4 is 17.5 Å². The SMILES string of the molecule is COCc1cc([N+](=O)[O-])ccc1NC(=O)OC(C)(C)C. The maximum atomic E-state index is 11.7. The molecule has 0 aliphatic carbocycles. The van der Waals surface area contributed by atoms with Crippen LogP contribution >= 0.6 is 0 Å². The van der Waals surface area contributed by atoms with Crippen molar-refractivity contribution in [2.75, 3.05) is 12.4 Å². The highest BCUT2D eigenvalue weighted by Gasteiger charge is 2.18. The molecule has 0 aliphatic heterocycles. The molecule has 7 nitrogen and oxygen atoms in total. The Labute approximate surface area is 117 Å². The number of methoxy groups -OCH3 is 1. The Morgan fingerprint density at radius 1 is 1.40 bits per heavy atom. The lowest BCUT2D eigenvalue weighted by atomic mass is 10.1. The topological polar surface area (TPSA) is 90.7 Å². The second-order valence-corrected chi connectivity index (χ2v) is 5.16. The number of non-ortho nitro benzene ring substituents is 1. The summed E-state index contributed by atoms with van der Waals surface area (Å²) in [7, 11) is 1.47. The van der Waals surface area contributed by atoms with Crippen LogP contribution in [0.25, 0.3) is 0 Å². The molecule has 1 aromatic rings. The molecule has 20 heavy (non-hydrogen) atoms. The van der Waals surface area contributed by atoms with Crippen LogP contribution in [-0.4, -0.2) is 23.7 Å². The van der Waals surface area contributed by atoms with E-state index < -0.39 is 16.6 Å². The first-order valence-electron chi connectivity index (χ1n) is 5.99. The monoisotopic (exact) mass is 282 g/mol. The molecule has 0 aliphatic rings. The van der Waals surface area contributed by atoms with Crippen molar-refractivity contribution in [1.82, 2.24) is 0 Å². The van der Waals surface area contributed by atoms with E-state index in [0.29, 0.717) is 11.3 Å². The fourth-order valence-electron chi connectivity index (χ4n) is 1.50. The van der Waals surface area contributed by atoms with Gasteiger partial charge in [0.25, 0.3) is 5.69 Å². The molecule has 7 heteroatoms. The van der Waals surface area contributed by atoms with Gasteiger partial charge in [-0.1, -0.05) is 0 Å². The maximum Gasteiger partial charge on any atom is 0.412 e. The van der Waals surface area contributed by atoms with Crippen molar-refractivity contribution in [3.63, 3.8) is 0 Å². The van der Waals surface area contributed by atoms with Crippen LogP contribution in [0, 0.1) is 10.1 Å². The number of nitrogens with one attached hydrogen (secondary N) is 1. The summed E-state index contributed by atoms with van der Waals surface area (Å²) >= 11 is 0. The van der Waals surface area contributed by atoms with E-state index in [-0.39, 0.29) is 12.3 Å². The number of benzene rings is 1. The first-order chi connectivity index (χ1) is 9.23. The van der Waals surface area contributed by atoms with Crippen LogP contribution in [0.1, 0.15) is 26.3 Å². The summed E-state index contributed by atoms with van der Waals surface area (Å²) < 4.78 is 10.1. The first-order valence-corrected chi connectivity index (χ1v) is 5.99. The number of nitro groups is 1. The van der Waals surface area contributed by atoms with E-state index in [1.54, 1.807) is 20.8 Å². The van der Waals surface area contributed by atoms with E-state index >= 15 is 0 Å². The fraction of sp³-hybridized carbons (Fsp3) is 0.462. The molecule has 1 amide bonds. The second-order valence-electron chi connectivity index (χ2n) is 5.16. The molecule has 1 N–H and O–H groups in total. The van der Waals surface area contributed by atoms with Gasteiger partial charge in [-0.25, -0.2) is 4.79 Å². The Balaban J connectivity index is 2.94. The molecular weight excluding hydrogens is 264 g/mol. The van der Waals surface area contributed by atoms with E-state index in [0.717, 1.165) is 0 Å². The molecule has 1 rings (SSSR count). The molecule has 0 saturated heterocycles. The van der Waals surface area contributed by atoms with Crippen LogP contribution in [0.5, 0.6) is 0 Å². The van der Waals surface area contributed by atoms with E-state index in [2.05, 4.69) is 5.32 Å². The summed E-state index contributed by atoms with van der Waals surface area (Å²) in [5, 5.41) is 13.3. The summed E-state index contributed by atoms with van der Waals surface area (Å²) in [5.41, 5.74) is 0.248. The van der Waals surface area contributed by atoms with Crippen molar-refractivity contribution in [3.05, 3.63) is 33.9 Å². The summed E-state index contributed by atoms with van der Waals surface area (Å²) in [6.45, 7) is 5.39. The Hall–Kier alpha value is -2.15. The van der Waals surface area contributed by atoms with Gasteiger partial charge in [0, 0.05) is 24.8 Å². The van der Waals surface area contributed by atoms with Gasteiger partial charge in [0.05, 0.1) is 17.2 Å². The van der Waals surface area contributed by atoms with Crippen LogP contribution < -0.4 is 5.32 Å². The third-order valence-corrected chi connectivity index (χ3v) is 2.24. The number of nitro benzene ring substituents is 1. The van der Waals surface area contributed by atoms with Crippen LogP contribution in [0.4, 0.5) is 16.2 Å². The minimum absolute atomic E-state index is 0.0632. The van der Waals surface area contributed by atoms with Crippen molar-refractivity contribution in [2.45, 2.75) is 33.0 Å². The van der Waals surface area contributed by atoms with Crippen molar-refractivity contribution in [2.24, 2.45) is 0 Å². The molecule has 0 radical (unpaired) electrons. The minimum atomic E-state index is -0.622. The van der Waals surface area contributed by atoms with Crippen LogP contribution in [-0.2, 0) is 16.1 Å². The molecule has 0 unspecified atom stereocenters. The molecule has 0 fully saturated rings. The number of anilines is 1. The predicted octanol–water partition coefficient (Wildman–Crippen LogP) is 3.09. The van der Waals surface area contributed by atoms with Gasteiger partial charge in [-0.05, 0) is 26.8 Å². The van der Waals surface area contributed by atoms with E-state index in [1.807, 2.05) is 0 Å². The molecule has 0 bridgehead atoms. The standard InChI is InChI=1S/C13H18N2O5/c1-13(2,3)20-12(16)14-11-6-5-10(15(17)18)7-9(11)8-19-4/h5-7H,8H2,1-4H3,(H,14,16). The summed E-state index contributed by atoms with van der Waals surface area (Å²) in [5.74, 6) is 0. The number of carbonyl (C=O) groups is 1. The van der Waals surface area contributed by atoms with Gasteiger partial charge in [0.2, 0.25) is 0 Å². The molecule has 1 aromatic carbocycles. The minimum Gasteiger partial charge on any atom is -0.444 e. The third kappa shape index (κ3) is 4.85. The van der Waals surface area contributed by atoms with Gasteiger partial charge in [0.15, 0.2) is 0 Å². The number of carbonyl (C=O) groups excluding carboxylic acids is 1. The van der Waals surface area contributed by atoms with E-state index in [4.69, 9.17) is 9.47 Å². The largest absolute Gasteiger partial charge is 0.444 e. The zero-order chi connectivity index (χ0) is 15.3. The molecule has 0 heterocycles. The highest BCUT2D eigenvalue weighted by Crippen LogP contribution is 2.23. The Morgan fingerprint density at radius 3 is 2.55 bits per heavy atom. The Morgan fingerprint density at radius 2 is 2.05 bits per heavy atom. The quantitative estimate of drug-likeness (QED) is 0.676. The van der Waals surface area contributed by atoms with Crippen molar-refractivity contribution in [3.8, 4) is 0 Å². The predicted molar refractivity (Wildman–Crippen MR) is 73.7 cm³/mol. The fourth-order valence-corrected chi connectivity index (χ4v) is 1.50. The number of nitrogens with zero attached hydrogens (tertiary/aromatic N) is 1. The van der Waals surface area contributed by atoms with Gasteiger partial charge in [0.1, 0.15) is 5.60 Å². The number of hydrogen-bond donors (Lipinski definition) is 1. The van der Waals surface area contributed by atoms with Gasteiger partial charge in [-0.15, -0.1) is 0 Å². The van der Waals surface area contributed by atoms with E-state index in [9.17, 15) is 14.9 Å². The molecule has 0 atom stereocenters. The highest BCUT2D eigenvalue weighted by atomic mass is 16.6. The number of ether oxygens (including phenoxy) is 2. The van der Waals surface area contributed by atoms with Crippen molar-refractivity contribution < 1.29 is 19.2 Å². The number of hydrogen-bond acceptors (Lipinski definition) is 5. The number of rotatable bonds is 4. The lowest BCUT2D eigenvalue weighted by molar-refractivity contribution is -0.384. The lowest BCUT2D eigenvalue weighted by Gasteiger charge is -2.20. The summed E-state index contributed by atoms with van der Waals surface area (Å²) in [6, 6.07) is 4.12.